The maximum atomic E-state index is 6.36. The topological polar surface area (TPSA) is 35.2 Å². The molecule has 19 heavy (non-hydrogen) atoms. The van der Waals surface area contributed by atoms with Crippen LogP contribution in [0.4, 0.5) is 0 Å². The number of aryl methyl sites for hydroxylation is 2. The summed E-state index contributed by atoms with van der Waals surface area (Å²) in [6.45, 7) is 4.02. The van der Waals surface area contributed by atoms with Crippen LogP contribution in [0.2, 0.25) is 5.02 Å². The van der Waals surface area contributed by atoms with E-state index in [9.17, 15) is 0 Å². The molecule has 1 atom stereocenters. The summed E-state index contributed by atoms with van der Waals surface area (Å²) in [6.07, 6.45) is 0. The van der Waals surface area contributed by atoms with E-state index in [1.54, 1.807) is 7.11 Å². The Morgan fingerprint density at radius 2 is 1.84 bits per heavy atom. The molecule has 0 radical (unpaired) electrons. The molecule has 0 aromatic heterocycles. The third kappa shape index (κ3) is 2.91. The lowest BCUT2D eigenvalue weighted by atomic mass is 9.96. The van der Waals surface area contributed by atoms with Gasteiger partial charge in [-0.15, -0.1) is 0 Å². The maximum Gasteiger partial charge on any atom is 0.123 e. The quantitative estimate of drug-likeness (QED) is 0.918. The Bertz CT molecular complexity index is 595. The molecule has 2 N–H and O–H groups in total. The molecule has 0 spiro atoms. The highest BCUT2D eigenvalue weighted by Gasteiger charge is 2.15. The summed E-state index contributed by atoms with van der Waals surface area (Å²) in [6, 6.07) is 11.7. The van der Waals surface area contributed by atoms with Gasteiger partial charge in [-0.2, -0.15) is 0 Å². The lowest BCUT2D eigenvalue weighted by Gasteiger charge is -2.17. The summed E-state index contributed by atoms with van der Waals surface area (Å²) in [7, 11) is 1.66. The van der Waals surface area contributed by atoms with Crippen molar-refractivity contribution in [2.75, 3.05) is 7.11 Å². The number of hydrogen-bond donors (Lipinski definition) is 1. The molecule has 0 bridgehead atoms. The van der Waals surface area contributed by atoms with Crippen molar-refractivity contribution in [3.05, 3.63) is 63.7 Å². The average Bonchev–Trinajstić information content (AvgIpc) is 2.41. The van der Waals surface area contributed by atoms with Gasteiger partial charge in [-0.05, 0) is 37.1 Å². The molecule has 0 fully saturated rings. The van der Waals surface area contributed by atoms with Crippen molar-refractivity contribution in [2.24, 2.45) is 5.73 Å². The van der Waals surface area contributed by atoms with E-state index in [4.69, 9.17) is 22.1 Å². The average molecular weight is 276 g/mol. The summed E-state index contributed by atoms with van der Waals surface area (Å²) in [5.41, 5.74) is 10.6. The van der Waals surface area contributed by atoms with E-state index in [1.807, 2.05) is 44.2 Å². The van der Waals surface area contributed by atoms with Gasteiger partial charge >= 0.3 is 0 Å². The van der Waals surface area contributed by atoms with Crippen LogP contribution in [-0.4, -0.2) is 7.11 Å². The highest BCUT2D eigenvalue weighted by molar-refractivity contribution is 6.31. The largest absolute Gasteiger partial charge is 0.496 e. The van der Waals surface area contributed by atoms with Crippen molar-refractivity contribution in [1.82, 2.24) is 0 Å². The Balaban J connectivity index is 2.45. The first kappa shape index (κ1) is 13.9. The number of benzene rings is 2. The molecular formula is C16H18ClNO. The van der Waals surface area contributed by atoms with Gasteiger partial charge in [0.15, 0.2) is 0 Å². The minimum absolute atomic E-state index is 0.217. The van der Waals surface area contributed by atoms with Gasteiger partial charge in [-0.25, -0.2) is 0 Å². The van der Waals surface area contributed by atoms with Gasteiger partial charge < -0.3 is 10.5 Å². The highest BCUT2D eigenvalue weighted by atomic mass is 35.5. The third-order valence-corrected chi connectivity index (χ3v) is 3.69. The van der Waals surface area contributed by atoms with Gasteiger partial charge in [-0.1, -0.05) is 41.4 Å². The number of rotatable bonds is 3. The van der Waals surface area contributed by atoms with E-state index >= 15 is 0 Å². The number of hydrogen-bond acceptors (Lipinski definition) is 2. The summed E-state index contributed by atoms with van der Waals surface area (Å²) >= 11 is 6.05. The van der Waals surface area contributed by atoms with Gasteiger partial charge in [0.25, 0.3) is 0 Å². The van der Waals surface area contributed by atoms with Gasteiger partial charge in [0, 0.05) is 10.6 Å². The minimum atomic E-state index is -0.217. The second-order valence-electron chi connectivity index (χ2n) is 4.73. The Labute approximate surface area is 119 Å². The zero-order valence-corrected chi connectivity index (χ0v) is 12.2. The van der Waals surface area contributed by atoms with Gasteiger partial charge in [-0.3, -0.25) is 0 Å². The van der Waals surface area contributed by atoms with E-state index in [1.165, 1.54) is 0 Å². The van der Waals surface area contributed by atoms with E-state index < -0.39 is 0 Å². The Morgan fingerprint density at radius 3 is 2.47 bits per heavy atom. The molecule has 2 rings (SSSR count). The zero-order valence-electron chi connectivity index (χ0n) is 11.4. The number of halogens is 1. The number of ether oxygens (including phenoxy) is 1. The van der Waals surface area contributed by atoms with Gasteiger partial charge in [0.2, 0.25) is 0 Å². The molecule has 2 nitrogen and oxygen atoms in total. The molecule has 0 amide bonds. The number of nitrogens with two attached hydrogens (primary N) is 1. The predicted octanol–water partition coefficient (Wildman–Crippen LogP) is 4.01. The second-order valence-corrected chi connectivity index (χ2v) is 5.14. The van der Waals surface area contributed by atoms with Crippen LogP contribution in [0.3, 0.4) is 0 Å². The monoisotopic (exact) mass is 275 g/mol. The van der Waals surface area contributed by atoms with E-state index in [0.717, 1.165) is 33.0 Å². The van der Waals surface area contributed by atoms with E-state index in [0.29, 0.717) is 0 Å². The highest BCUT2D eigenvalue weighted by Crippen LogP contribution is 2.30. The van der Waals surface area contributed by atoms with Gasteiger partial charge in [0.1, 0.15) is 5.75 Å². The minimum Gasteiger partial charge on any atom is -0.496 e. The van der Waals surface area contributed by atoms with Crippen molar-refractivity contribution in [1.29, 1.82) is 0 Å². The van der Waals surface area contributed by atoms with Crippen LogP contribution < -0.4 is 10.5 Å². The molecular weight excluding hydrogens is 258 g/mol. The number of methoxy groups -OCH3 is 1. The molecule has 3 heteroatoms. The summed E-state index contributed by atoms with van der Waals surface area (Å²) < 4.78 is 5.39. The van der Waals surface area contributed by atoms with Crippen LogP contribution in [0.25, 0.3) is 0 Å². The van der Waals surface area contributed by atoms with Crippen molar-refractivity contribution >= 4 is 11.6 Å². The zero-order chi connectivity index (χ0) is 14.0. The van der Waals surface area contributed by atoms with Crippen LogP contribution in [0, 0.1) is 13.8 Å². The molecule has 0 aliphatic carbocycles. The molecule has 2 aromatic rings. The Kier molecular flexibility index (Phi) is 4.13. The van der Waals surface area contributed by atoms with Crippen LogP contribution in [-0.2, 0) is 0 Å². The fourth-order valence-electron chi connectivity index (χ4n) is 2.14. The first-order valence-electron chi connectivity index (χ1n) is 6.19. The van der Waals surface area contributed by atoms with Crippen molar-refractivity contribution in [3.63, 3.8) is 0 Å². The fourth-order valence-corrected chi connectivity index (χ4v) is 2.26. The van der Waals surface area contributed by atoms with Crippen LogP contribution in [0.5, 0.6) is 5.75 Å². The summed E-state index contributed by atoms with van der Waals surface area (Å²) in [5, 5.41) is 0.757. The molecule has 0 saturated heterocycles. The predicted molar refractivity (Wildman–Crippen MR) is 80.0 cm³/mol. The van der Waals surface area contributed by atoms with Crippen molar-refractivity contribution in [2.45, 2.75) is 19.9 Å². The maximum absolute atomic E-state index is 6.36. The van der Waals surface area contributed by atoms with Crippen molar-refractivity contribution in [3.8, 4) is 5.75 Å². The normalized spacial score (nSPS) is 12.3. The molecule has 0 heterocycles. The molecule has 0 saturated carbocycles. The van der Waals surface area contributed by atoms with Crippen molar-refractivity contribution < 1.29 is 4.74 Å². The van der Waals surface area contributed by atoms with Crippen LogP contribution in [0.1, 0.15) is 28.3 Å². The van der Waals surface area contributed by atoms with Crippen LogP contribution in [0.15, 0.2) is 36.4 Å². The lowest BCUT2D eigenvalue weighted by molar-refractivity contribution is 0.407. The van der Waals surface area contributed by atoms with E-state index in [-0.39, 0.29) is 6.04 Å². The third-order valence-electron chi connectivity index (χ3n) is 3.26. The second kappa shape index (κ2) is 5.64. The lowest BCUT2D eigenvalue weighted by Crippen LogP contribution is -2.13. The molecule has 0 aliphatic rings. The Hall–Kier alpha value is -1.51. The summed E-state index contributed by atoms with van der Waals surface area (Å²) in [5.74, 6) is 0.811. The first-order chi connectivity index (χ1) is 9.02. The molecule has 0 aliphatic heterocycles. The smallest absolute Gasteiger partial charge is 0.123 e. The standard InChI is InChI=1S/C16H18ClNO/c1-10-4-7-15(19-3)13(8-10)16(18)12-5-6-14(17)11(2)9-12/h4-9,16H,18H2,1-3H3. The fraction of sp³-hybridized carbons (Fsp3) is 0.250. The van der Waals surface area contributed by atoms with Crippen LogP contribution >= 0.6 is 11.6 Å². The molecule has 1 unspecified atom stereocenters. The van der Waals surface area contributed by atoms with E-state index in [2.05, 4.69) is 6.07 Å². The molecule has 100 valence electrons. The van der Waals surface area contributed by atoms with Gasteiger partial charge in [0.05, 0.1) is 13.2 Å². The summed E-state index contributed by atoms with van der Waals surface area (Å²) in [4.78, 5) is 0. The SMILES string of the molecule is COc1ccc(C)cc1C(N)c1ccc(Cl)c(C)c1. The Morgan fingerprint density at radius 1 is 1.11 bits per heavy atom. The molecule has 2 aromatic carbocycles. The first-order valence-corrected chi connectivity index (χ1v) is 6.57.